The molecule has 0 bridgehead atoms. The van der Waals surface area contributed by atoms with E-state index in [1.807, 2.05) is 6.92 Å². The fraction of sp³-hybridized carbons (Fsp3) is 0.0667. The van der Waals surface area contributed by atoms with E-state index in [-0.39, 0.29) is 5.82 Å². The molecule has 1 aromatic carbocycles. The molecule has 2 heterocycles. The first-order chi connectivity index (χ1) is 10.5. The van der Waals surface area contributed by atoms with Crippen molar-refractivity contribution < 1.29 is 14.1 Å². The lowest BCUT2D eigenvalue weighted by molar-refractivity contribution is -0.389. The monoisotopic (exact) mass is 298 g/mol. The van der Waals surface area contributed by atoms with E-state index >= 15 is 0 Å². The molecule has 0 amide bonds. The number of hydrogen-bond donors (Lipinski definition) is 0. The van der Waals surface area contributed by atoms with Crippen LogP contribution < -0.4 is 10.4 Å². The van der Waals surface area contributed by atoms with E-state index in [1.54, 1.807) is 18.2 Å². The van der Waals surface area contributed by atoms with Crippen LogP contribution in [0, 0.1) is 17.0 Å². The van der Waals surface area contributed by atoms with E-state index in [4.69, 9.17) is 9.15 Å². The van der Waals surface area contributed by atoms with Crippen molar-refractivity contribution in [1.29, 1.82) is 0 Å². The third kappa shape index (κ3) is 2.64. The number of ether oxygens (including phenoxy) is 1. The first-order valence-corrected chi connectivity index (χ1v) is 6.36. The largest absolute Gasteiger partial charge is 0.453 e. The van der Waals surface area contributed by atoms with E-state index in [9.17, 15) is 14.9 Å². The number of fused-ring (bicyclic) bond motifs is 1. The molecule has 7 heteroatoms. The number of rotatable bonds is 3. The Kier molecular flexibility index (Phi) is 3.30. The summed E-state index contributed by atoms with van der Waals surface area (Å²) in [4.78, 5) is 25.0. The van der Waals surface area contributed by atoms with Gasteiger partial charge in [-0.05, 0) is 40.6 Å². The van der Waals surface area contributed by atoms with Crippen LogP contribution in [0.4, 0.5) is 5.82 Å². The third-order valence-electron chi connectivity index (χ3n) is 3.07. The number of pyridine rings is 1. The smallest absolute Gasteiger partial charge is 0.363 e. The number of benzene rings is 1. The molecule has 0 fully saturated rings. The fourth-order valence-electron chi connectivity index (χ4n) is 2.05. The molecule has 0 aliphatic carbocycles. The lowest BCUT2D eigenvalue weighted by atomic mass is 10.1. The Morgan fingerprint density at radius 3 is 2.64 bits per heavy atom. The van der Waals surface area contributed by atoms with Crippen molar-refractivity contribution in [1.82, 2.24) is 4.98 Å². The van der Waals surface area contributed by atoms with E-state index < -0.39 is 10.5 Å². The second-order valence-corrected chi connectivity index (χ2v) is 4.62. The number of nitrogens with zero attached hydrogens (tertiary/aromatic N) is 2. The molecule has 0 spiro atoms. The van der Waals surface area contributed by atoms with Gasteiger partial charge in [0.1, 0.15) is 11.3 Å². The Morgan fingerprint density at radius 2 is 1.95 bits per heavy atom. The number of aryl methyl sites for hydroxylation is 1. The molecule has 0 N–H and O–H groups in total. The summed E-state index contributed by atoms with van der Waals surface area (Å²) in [7, 11) is 0. The summed E-state index contributed by atoms with van der Waals surface area (Å²) < 4.78 is 10.7. The van der Waals surface area contributed by atoms with E-state index in [0.29, 0.717) is 17.1 Å². The molecule has 110 valence electrons. The van der Waals surface area contributed by atoms with Gasteiger partial charge in [0.25, 0.3) is 0 Å². The van der Waals surface area contributed by atoms with E-state index in [1.165, 1.54) is 24.4 Å². The summed E-state index contributed by atoms with van der Waals surface area (Å²) in [5.74, 6) is 0.532. The summed E-state index contributed by atoms with van der Waals surface area (Å²) in [6.45, 7) is 1.82. The van der Waals surface area contributed by atoms with E-state index in [0.717, 1.165) is 10.9 Å². The van der Waals surface area contributed by atoms with Crippen LogP contribution in [0.3, 0.4) is 0 Å². The first kappa shape index (κ1) is 13.7. The highest BCUT2D eigenvalue weighted by molar-refractivity contribution is 5.81. The highest BCUT2D eigenvalue weighted by Gasteiger charge is 2.09. The summed E-state index contributed by atoms with van der Waals surface area (Å²) in [5.41, 5.74) is 0.798. The van der Waals surface area contributed by atoms with Crippen molar-refractivity contribution in [2.75, 3.05) is 0 Å². The SMILES string of the molecule is Cc1cc(=O)oc2cc(Oc3ccc([N+](=O)[O-])nc3)ccc12. The van der Waals surface area contributed by atoms with Gasteiger partial charge < -0.3 is 19.3 Å². The minimum Gasteiger partial charge on any atom is -0.453 e. The number of nitro groups is 1. The summed E-state index contributed by atoms with van der Waals surface area (Å²) in [5, 5.41) is 11.4. The molecule has 0 unspecified atom stereocenters. The normalized spacial score (nSPS) is 10.6. The van der Waals surface area contributed by atoms with Crippen molar-refractivity contribution in [3.05, 3.63) is 68.7 Å². The van der Waals surface area contributed by atoms with Gasteiger partial charge in [-0.15, -0.1) is 0 Å². The van der Waals surface area contributed by atoms with Crippen molar-refractivity contribution in [3.8, 4) is 11.5 Å². The molecule has 3 aromatic rings. The maximum Gasteiger partial charge on any atom is 0.363 e. The second-order valence-electron chi connectivity index (χ2n) is 4.62. The Balaban J connectivity index is 1.93. The predicted octanol–water partition coefficient (Wildman–Crippen LogP) is 3.20. The lowest BCUT2D eigenvalue weighted by Crippen LogP contribution is -1.98. The summed E-state index contributed by atoms with van der Waals surface area (Å²) >= 11 is 0. The second kappa shape index (κ2) is 5.28. The van der Waals surface area contributed by atoms with Crippen molar-refractivity contribution in [2.45, 2.75) is 6.92 Å². The Morgan fingerprint density at radius 1 is 1.18 bits per heavy atom. The van der Waals surface area contributed by atoms with Crippen LogP contribution in [0.15, 0.2) is 51.8 Å². The van der Waals surface area contributed by atoms with Gasteiger partial charge in [-0.1, -0.05) is 0 Å². The lowest BCUT2D eigenvalue weighted by Gasteiger charge is -2.06. The maximum atomic E-state index is 11.4. The molecular formula is C15H10N2O5. The van der Waals surface area contributed by atoms with Crippen LogP contribution in [-0.4, -0.2) is 9.91 Å². The molecule has 0 saturated carbocycles. The average Bonchev–Trinajstić information content (AvgIpc) is 2.47. The minimum atomic E-state index is -0.586. The zero-order valence-corrected chi connectivity index (χ0v) is 11.5. The molecule has 0 saturated heterocycles. The van der Waals surface area contributed by atoms with Crippen LogP contribution >= 0.6 is 0 Å². The van der Waals surface area contributed by atoms with Crippen LogP contribution in [0.25, 0.3) is 11.0 Å². The minimum absolute atomic E-state index is 0.257. The zero-order chi connectivity index (χ0) is 15.7. The van der Waals surface area contributed by atoms with Gasteiger partial charge in [0.15, 0.2) is 11.9 Å². The van der Waals surface area contributed by atoms with Crippen molar-refractivity contribution in [2.24, 2.45) is 0 Å². The van der Waals surface area contributed by atoms with Gasteiger partial charge in [0, 0.05) is 23.6 Å². The molecule has 0 aliphatic heterocycles. The molecule has 0 atom stereocenters. The van der Waals surface area contributed by atoms with Crippen molar-refractivity contribution >= 4 is 16.8 Å². The Bertz CT molecular complexity index is 915. The van der Waals surface area contributed by atoms with Gasteiger partial charge in [0.2, 0.25) is 0 Å². The Hall–Kier alpha value is -3.22. The quantitative estimate of drug-likeness (QED) is 0.418. The first-order valence-electron chi connectivity index (χ1n) is 6.36. The van der Waals surface area contributed by atoms with E-state index in [2.05, 4.69) is 4.98 Å². The van der Waals surface area contributed by atoms with Gasteiger partial charge in [-0.25, -0.2) is 4.79 Å². The topological polar surface area (TPSA) is 95.5 Å². The molecular weight excluding hydrogens is 288 g/mol. The highest BCUT2D eigenvalue weighted by Crippen LogP contribution is 2.26. The van der Waals surface area contributed by atoms with Gasteiger partial charge in [0.05, 0.1) is 0 Å². The van der Waals surface area contributed by atoms with Gasteiger partial charge >= 0.3 is 11.4 Å². The molecule has 22 heavy (non-hydrogen) atoms. The molecule has 0 aliphatic rings. The molecule has 7 nitrogen and oxygen atoms in total. The standard InChI is InChI=1S/C15H10N2O5/c1-9-6-15(18)22-13-7-10(2-4-12(9)13)21-11-3-5-14(16-8-11)17(19)20/h2-8H,1H3. The van der Waals surface area contributed by atoms with Gasteiger partial charge in [-0.3, -0.25) is 0 Å². The third-order valence-corrected chi connectivity index (χ3v) is 3.07. The summed E-state index contributed by atoms with van der Waals surface area (Å²) in [6, 6.07) is 9.20. The predicted molar refractivity (Wildman–Crippen MR) is 78.2 cm³/mol. The molecule has 3 rings (SSSR count). The van der Waals surface area contributed by atoms with Crippen LogP contribution in [0.2, 0.25) is 0 Å². The Labute approximate surface area is 123 Å². The van der Waals surface area contributed by atoms with Crippen molar-refractivity contribution in [3.63, 3.8) is 0 Å². The van der Waals surface area contributed by atoms with Crippen LogP contribution in [0.5, 0.6) is 11.5 Å². The molecule has 2 aromatic heterocycles. The zero-order valence-electron chi connectivity index (χ0n) is 11.5. The maximum absolute atomic E-state index is 11.4. The average molecular weight is 298 g/mol. The highest BCUT2D eigenvalue weighted by atomic mass is 16.6. The number of aromatic nitrogens is 1. The number of hydrogen-bond acceptors (Lipinski definition) is 6. The van der Waals surface area contributed by atoms with Crippen LogP contribution in [-0.2, 0) is 0 Å². The fourth-order valence-corrected chi connectivity index (χ4v) is 2.05. The summed E-state index contributed by atoms with van der Waals surface area (Å²) in [6.07, 6.45) is 1.26. The van der Waals surface area contributed by atoms with Gasteiger partial charge in [-0.2, -0.15) is 0 Å². The molecule has 0 radical (unpaired) electrons. The van der Waals surface area contributed by atoms with Crippen LogP contribution in [0.1, 0.15) is 5.56 Å².